The molecular weight excluding hydrogens is 1390 g/mol. The van der Waals surface area contributed by atoms with Crippen molar-refractivity contribution in [3.63, 3.8) is 0 Å². The molecule has 4 saturated heterocycles. The van der Waals surface area contributed by atoms with Gasteiger partial charge in [-0.15, -0.1) is 0 Å². The lowest BCUT2D eigenvalue weighted by atomic mass is 9.88. The Morgan fingerprint density at radius 2 is 0.881 bits per heavy atom. The van der Waals surface area contributed by atoms with E-state index in [1.807, 2.05) is 0 Å². The van der Waals surface area contributed by atoms with Gasteiger partial charge in [0.1, 0.15) is 60.0 Å². The molecule has 4 heterocycles. The molecule has 1 aromatic rings. The van der Waals surface area contributed by atoms with Crippen LogP contribution in [0, 0.1) is 20.2 Å². The third-order valence-electron chi connectivity index (χ3n) is 14.8. The molecular formula is C57H88F6N8O30. The highest BCUT2D eigenvalue weighted by atomic mass is 19.4. The number of non-ortho nitro benzene ring substituents is 1. The van der Waals surface area contributed by atoms with Crippen molar-refractivity contribution in [2.45, 2.75) is 91.5 Å². The zero-order valence-electron chi connectivity index (χ0n) is 54.8. The van der Waals surface area contributed by atoms with E-state index in [1.54, 1.807) is 10.6 Å². The molecule has 1 aromatic carbocycles. The maximum Gasteiger partial charge on any atom is 0.471 e. The Hall–Kier alpha value is -6.09. The highest BCUT2D eigenvalue weighted by Crippen LogP contribution is 2.39. The number of hydrogen-bond donors (Lipinski definition) is 10. The number of nitro benzene ring substituents is 2. The Kier molecular flexibility index (Phi) is 38.3. The first-order valence-corrected chi connectivity index (χ1v) is 31.8. The minimum absolute atomic E-state index is 0.0139. The highest BCUT2D eigenvalue weighted by Gasteiger charge is 2.62. The number of carbonyl (C=O) groups is 5. The highest BCUT2D eigenvalue weighted by molar-refractivity contribution is 5.82. The van der Waals surface area contributed by atoms with Crippen molar-refractivity contribution in [3.8, 4) is 0 Å². The molecule has 44 heteroatoms. The molecule has 0 unspecified atom stereocenters. The second kappa shape index (κ2) is 45.2. The van der Waals surface area contributed by atoms with Crippen LogP contribution in [-0.2, 0) is 104 Å². The number of fused-ring (bicyclic) bond motifs is 4. The quantitative estimate of drug-likeness (QED) is 0.0130. The van der Waals surface area contributed by atoms with Gasteiger partial charge in [-0.1, -0.05) is 0 Å². The largest absolute Gasteiger partial charge is 0.471 e. The normalized spacial score (nSPS) is 23.2. The van der Waals surface area contributed by atoms with Gasteiger partial charge in [-0.25, -0.2) is 0 Å². The molecule has 101 heavy (non-hydrogen) atoms. The third-order valence-corrected chi connectivity index (χ3v) is 14.8. The molecule has 0 aromatic heterocycles. The van der Waals surface area contributed by atoms with Crippen LogP contribution in [0.2, 0.25) is 0 Å². The van der Waals surface area contributed by atoms with Crippen LogP contribution in [0.4, 0.5) is 43.4 Å². The van der Waals surface area contributed by atoms with E-state index < -0.39 is 118 Å². The standard InChI is InChI=1S/C57H88F6N8O30/c58-56(59,60)52(79)68-44-46(75)48(77)54(35-98-50(44)100-54)33-96-27-24-91-21-19-88-16-14-86-11-6-65-41(72)3-8-93-30-37(67-43(74)32-95-26-23-90-18-13-85-10-5-64-39-2-1-38(70(81)82)29-40(39)71(83)84)31-94-9-4-42(73)66-7-12-87-15-17-89-20-22-92-25-28-97-34-55-36-99-51(101-55)45(47(76)49(55)78)69-53(80)57(61,62)63/h1-2,29,37,44-51,64,75-78H,3-28,30-36H2,(H,65,72)(H,66,73)(H,67,74)(H,68,79)(H,69,80)/t44-,45-,46-,47-,48-,49-,50+,51+,54+,55+/m1/s1. The van der Waals surface area contributed by atoms with Gasteiger partial charge in [-0.3, -0.25) is 44.2 Å². The van der Waals surface area contributed by atoms with Crippen LogP contribution >= 0.6 is 0 Å². The molecule has 10 N–H and O–H groups in total. The van der Waals surface area contributed by atoms with Gasteiger partial charge in [0.2, 0.25) is 17.7 Å². The summed E-state index contributed by atoms with van der Waals surface area (Å²) in [6, 6.07) is -0.843. The van der Waals surface area contributed by atoms with Gasteiger partial charge in [0.05, 0.1) is 200 Å². The monoisotopic (exact) mass is 1480 g/mol. The van der Waals surface area contributed by atoms with Gasteiger partial charge >= 0.3 is 24.2 Å². The number of aliphatic hydroxyl groups is 4. The number of alkyl halides is 6. The summed E-state index contributed by atoms with van der Waals surface area (Å²) in [6.45, 7) is 1.32. The SMILES string of the molecule is O=C(CCOCC(COCCC(=O)NCCOCCOCCOCCOC[C@@]12CO[C@@H](O1)[C@H](NC(=O)C(F)(F)F)[C@@H](O)[C@H]2O)NC(=O)COCCOCCOCCNc1ccc([N+](=O)[O-])cc1[N+](=O)[O-])NCCOCCOCCOCCOC[C@@]12CO[C@@H](O1)[C@H](NC(=O)C(F)(F)F)[C@@H](O)[C@H]2O. The summed E-state index contributed by atoms with van der Waals surface area (Å²) < 4.78 is 169. The van der Waals surface area contributed by atoms with Gasteiger partial charge in [0, 0.05) is 38.5 Å². The summed E-state index contributed by atoms with van der Waals surface area (Å²) in [5.41, 5.74) is -3.94. The topological polar surface area (TPSA) is 482 Å². The Labute approximate surface area is 573 Å². The lowest BCUT2D eigenvalue weighted by Crippen LogP contribution is -2.67. The van der Waals surface area contributed by atoms with Crippen molar-refractivity contribution in [3.05, 3.63) is 38.4 Å². The number of benzene rings is 1. The molecule has 4 fully saturated rings. The van der Waals surface area contributed by atoms with Crippen LogP contribution in [-0.4, -0.2) is 343 Å². The zero-order chi connectivity index (χ0) is 73.7. The zero-order valence-corrected chi connectivity index (χ0v) is 54.8. The molecule has 578 valence electrons. The minimum atomic E-state index is -5.23. The summed E-state index contributed by atoms with van der Waals surface area (Å²) in [7, 11) is 0. The second-order valence-corrected chi connectivity index (χ2v) is 22.4. The molecule has 0 aliphatic carbocycles. The smallest absolute Gasteiger partial charge is 0.388 e. The second-order valence-electron chi connectivity index (χ2n) is 22.4. The summed E-state index contributed by atoms with van der Waals surface area (Å²) in [4.78, 5) is 81.4. The third kappa shape index (κ3) is 30.6. The molecule has 0 spiro atoms. The lowest BCUT2D eigenvalue weighted by molar-refractivity contribution is -0.393. The van der Waals surface area contributed by atoms with Crippen molar-refractivity contribution < 1.29 is 161 Å². The van der Waals surface area contributed by atoms with E-state index in [4.69, 9.17) is 80.5 Å². The summed E-state index contributed by atoms with van der Waals surface area (Å²) >= 11 is 0. The average Bonchev–Trinajstić information content (AvgIpc) is 1.63. The molecule has 4 bridgehead atoms. The molecule has 10 atom stereocenters. The van der Waals surface area contributed by atoms with Crippen LogP contribution in [0.5, 0.6) is 0 Å². The first kappa shape index (κ1) is 85.6. The first-order chi connectivity index (χ1) is 48.3. The Morgan fingerprint density at radius 3 is 1.27 bits per heavy atom. The lowest BCUT2D eigenvalue weighted by Gasteiger charge is -2.42. The molecule has 0 saturated carbocycles. The van der Waals surface area contributed by atoms with E-state index in [9.17, 15) is 91.0 Å². The fourth-order valence-corrected chi connectivity index (χ4v) is 9.63. The van der Waals surface area contributed by atoms with Crippen molar-refractivity contribution in [2.24, 2.45) is 0 Å². The van der Waals surface area contributed by atoms with Crippen molar-refractivity contribution >= 4 is 46.6 Å². The van der Waals surface area contributed by atoms with Crippen LogP contribution in [0.3, 0.4) is 0 Å². The Balaban J connectivity index is 0.866. The number of rotatable bonds is 55. The van der Waals surface area contributed by atoms with E-state index >= 15 is 0 Å². The maximum absolute atomic E-state index is 12.9. The van der Waals surface area contributed by atoms with Gasteiger partial charge in [0.15, 0.2) is 12.6 Å². The van der Waals surface area contributed by atoms with E-state index in [2.05, 4.69) is 21.3 Å². The first-order valence-electron chi connectivity index (χ1n) is 31.8. The number of aliphatic hydroxyl groups excluding tert-OH is 4. The van der Waals surface area contributed by atoms with Crippen molar-refractivity contribution in [1.82, 2.24) is 26.6 Å². The Morgan fingerprint density at radius 1 is 0.505 bits per heavy atom. The van der Waals surface area contributed by atoms with E-state index in [1.165, 1.54) is 6.07 Å². The Bertz CT molecular complexity index is 2560. The van der Waals surface area contributed by atoms with E-state index in [0.717, 1.165) is 12.1 Å². The number of hydrogen-bond acceptors (Lipinski definition) is 31. The number of carbonyl (C=O) groups excluding carboxylic acids is 5. The number of nitro groups is 2. The average molecular weight is 1480 g/mol. The molecule has 4 aliphatic rings. The number of ether oxygens (including phenoxy) is 17. The number of nitrogens with one attached hydrogen (secondary N) is 6. The molecule has 5 rings (SSSR count). The fourth-order valence-electron chi connectivity index (χ4n) is 9.63. The number of anilines is 1. The van der Waals surface area contributed by atoms with Gasteiger partial charge in [-0.2, -0.15) is 26.3 Å². The predicted molar refractivity (Wildman–Crippen MR) is 323 cm³/mol. The molecule has 38 nitrogen and oxygen atoms in total. The van der Waals surface area contributed by atoms with Crippen LogP contribution in [0.25, 0.3) is 0 Å². The summed E-state index contributed by atoms with van der Waals surface area (Å²) in [5, 5.41) is 78.4. The molecule has 0 radical (unpaired) electrons. The van der Waals surface area contributed by atoms with Gasteiger partial charge in [-0.05, 0) is 6.07 Å². The minimum Gasteiger partial charge on any atom is -0.388 e. The van der Waals surface area contributed by atoms with Gasteiger partial charge in [0.25, 0.3) is 11.4 Å². The van der Waals surface area contributed by atoms with Crippen LogP contribution < -0.4 is 31.9 Å². The van der Waals surface area contributed by atoms with Crippen LogP contribution in [0.15, 0.2) is 18.2 Å². The van der Waals surface area contributed by atoms with Gasteiger partial charge < -0.3 is 133 Å². The van der Waals surface area contributed by atoms with Crippen molar-refractivity contribution in [2.75, 3.05) is 210 Å². The fraction of sp³-hybridized carbons (Fsp3) is 0.807. The number of halogens is 6. The molecule has 4 aliphatic heterocycles. The van der Waals surface area contributed by atoms with E-state index in [0.29, 0.717) is 0 Å². The van der Waals surface area contributed by atoms with Crippen molar-refractivity contribution in [1.29, 1.82) is 0 Å². The predicted octanol–water partition coefficient (Wildman–Crippen LogP) is -3.58. The molecule has 5 amide bonds. The summed E-state index contributed by atoms with van der Waals surface area (Å²) in [5.74, 6) is -5.88. The number of amides is 5. The van der Waals surface area contributed by atoms with E-state index in [-0.39, 0.29) is 235 Å². The maximum atomic E-state index is 12.9. The number of nitrogens with zero attached hydrogens (tertiary/aromatic N) is 2. The van der Waals surface area contributed by atoms with Crippen LogP contribution in [0.1, 0.15) is 12.8 Å². The summed E-state index contributed by atoms with van der Waals surface area (Å²) in [6.07, 6.45) is -20.6.